The molecule has 2 bridgehead atoms. The van der Waals surface area contributed by atoms with Crippen LogP contribution >= 0.6 is 0 Å². The molecule has 0 spiro atoms. The third kappa shape index (κ3) is 0.937. The lowest BCUT2D eigenvalue weighted by molar-refractivity contribution is -0.193. The molecule has 0 aromatic heterocycles. The molecule has 0 saturated heterocycles. The van der Waals surface area contributed by atoms with Crippen molar-refractivity contribution in [1.82, 2.24) is 0 Å². The summed E-state index contributed by atoms with van der Waals surface area (Å²) in [6.07, 6.45) is 1.43. The Labute approximate surface area is 125 Å². The Kier molecular flexibility index (Phi) is 2.03. The maximum absolute atomic E-state index is 10.1. The van der Waals surface area contributed by atoms with E-state index < -0.39 is 10.8 Å². The van der Waals surface area contributed by atoms with Gasteiger partial charge < -0.3 is 4.74 Å². The summed E-state index contributed by atoms with van der Waals surface area (Å²) in [6, 6.07) is 13.2. The number of nitrogens with zero attached hydrogens (tertiary/aromatic N) is 2. The summed E-state index contributed by atoms with van der Waals surface area (Å²) in [5.74, 6) is 0.115. The van der Waals surface area contributed by atoms with Crippen molar-refractivity contribution in [1.29, 1.82) is 10.5 Å². The normalized spacial score (nSPS) is 44.1. The van der Waals surface area contributed by atoms with Crippen molar-refractivity contribution in [2.75, 3.05) is 7.11 Å². The molecule has 0 radical (unpaired) electrons. The first kappa shape index (κ1) is 12.9. The minimum atomic E-state index is -0.554. The fourth-order valence-electron chi connectivity index (χ4n) is 5.71. The van der Waals surface area contributed by atoms with E-state index in [0.29, 0.717) is 6.42 Å². The fraction of sp³-hybridized carbons (Fsp3) is 0.556. The number of ether oxygens (including phenoxy) is 1. The van der Waals surface area contributed by atoms with Crippen LogP contribution in [0, 0.1) is 34.0 Å². The van der Waals surface area contributed by atoms with E-state index in [4.69, 9.17) is 4.74 Å². The molecule has 0 aliphatic heterocycles. The fourth-order valence-corrected chi connectivity index (χ4v) is 5.71. The third-order valence-corrected chi connectivity index (χ3v) is 6.96. The maximum Gasteiger partial charge on any atom is 0.0909 e. The van der Waals surface area contributed by atoms with Crippen molar-refractivity contribution in [3.05, 3.63) is 35.4 Å². The summed E-state index contributed by atoms with van der Waals surface area (Å²) >= 11 is 0. The molecule has 106 valence electrons. The Balaban J connectivity index is 2.13. The lowest BCUT2D eigenvalue weighted by Crippen LogP contribution is -2.66. The Morgan fingerprint density at radius 3 is 2.38 bits per heavy atom. The minimum Gasteiger partial charge on any atom is -0.377 e. The van der Waals surface area contributed by atoms with Crippen molar-refractivity contribution in [3.63, 3.8) is 0 Å². The standard InChI is InChI=1S/C18H18N2O/c1-15(2)17(11-20)8-14-16(10-19,9-18(14,15)21-3)12-6-4-5-7-13(12)17/h4-7,14H,8-9H2,1-3H3/t14-,16-,17+,18-/m0/s1. The zero-order valence-electron chi connectivity index (χ0n) is 12.6. The first-order valence-electron chi connectivity index (χ1n) is 7.43. The number of hydrogen-bond acceptors (Lipinski definition) is 3. The zero-order valence-corrected chi connectivity index (χ0v) is 12.6. The largest absolute Gasteiger partial charge is 0.377 e. The molecule has 1 aromatic rings. The second-order valence-electron chi connectivity index (χ2n) is 7.30. The van der Waals surface area contributed by atoms with Gasteiger partial charge in [-0.15, -0.1) is 0 Å². The predicted octanol–water partition coefficient (Wildman–Crippen LogP) is 3.06. The van der Waals surface area contributed by atoms with Crippen LogP contribution in [0.4, 0.5) is 0 Å². The maximum atomic E-state index is 10.1. The molecule has 21 heavy (non-hydrogen) atoms. The molecule has 2 fully saturated rings. The van der Waals surface area contributed by atoms with Crippen molar-refractivity contribution < 1.29 is 4.74 Å². The molecule has 3 nitrogen and oxygen atoms in total. The molecule has 0 N–H and O–H groups in total. The van der Waals surface area contributed by atoms with E-state index in [2.05, 4.69) is 26.0 Å². The highest BCUT2D eigenvalue weighted by atomic mass is 16.5. The van der Waals surface area contributed by atoms with Crippen LogP contribution < -0.4 is 0 Å². The van der Waals surface area contributed by atoms with E-state index in [1.165, 1.54) is 0 Å². The lowest BCUT2D eigenvalue weighted by Gasteiger charge is -2.59. The third-order valence-electron chi connectivity index (χ3n) is 6.96. The van der Waals surface area contributed by atoms with Crippen molar-refractivity contribution in [2.45, 2.75) is 43.1 Å². The summed E-state index contributed by atoms with van der Waals surface area (Å²) in [6.45, 7) is 4.28. The number of hydrogen-bond donors (Lipinski definition) is 0. The van der Waals surface area contributed by atoms with Gasteiger partial charge in [-0.25, -0.2) is 0 Å². The van der Waals surface area contributed by atoms with Crippen LogP contribution in [-0.4, -0.2) is 12.7 Å². The molecular weight excluding hydrogens is 260 g/mol. The van der Waals surface area contributed by atoms with Crippen LogP contribution in [0.3, 0.4) is 0 Å². The van der Waals surface area contributed by atoms with Crippen molar-refractivity contribution >= 4 is 0 Å². The molecule has 4 atom stereocenters. The second kappa shape index (κ2) is 3.32. The van der Waals surface area contributed by atoms with Gasteiger partial charge in [0.05, 0.1) is 28.6 Å². The monoisotopic (exact) mass is 278 g/mol. The highest BCUT2D eigenvalue weighted by Gasteiger charge is 2.83. The summed E-state index contributed by atoms with van der Waals surface area (Å²) < 4.78 is 5.98. The van der Waals surface area contributed by atoms with E-state index >= 15 is 0 Å². The summed E-state index contributed by atoms with van der Waals surface area (Å²) in [5.41, 5.74) is 0.413. The molecule has 4 rings (SSSR count). The smallest absolute Gasteiger partial charge is 0.0909 e. The van der Waals surface area contributed by atoms with Crippen LogP contribution in [0.2, 0.25) is 0 Å². The zero-order chi connectivity index (χ0) is 15.1. The summed E-state index contributed by atoms with van der Waals surface area (Å²) in [4.78, 5) is 0. The predicted molar refractivity (Wildman–Crippen MR) is 77.3 cm³/mol. The Morgan fingerprint density at radius 1 is 1.14 bits per heavy atom. The molecular formula is C18H18N2O. The second-order valence-corrected chi connectivity index (χ2v) is 7.30. The molecule has 1 aromatic carbocycles. The molecule has 0 amide bonds. The van der Waals surface area contributed by atoms with Gasteiger partial charge in [0.2, 0.25) is 0 Å². The van der Waals surface area contributed by atoms with E-state index in [-0.39, 0.29) is 16.9 Å². The lowest BCUT2D eigenvalue weighted by atomic mass is 9.47. The SMILES string of the molecule is CO[C@@]12C[C@]3(C#N)c4ccccc4[C@](C#N)(C[C@H]13)C2(C)C. The van der Waals surface area contributed by atoms with Crippen molar-refractivity contribution in [2.24, 2.45) is 11.3 Å². The van der Waals surface area contributed by atoms with Gasteiger partial charge in [-0.1, -0.05) is 38.1 Å². The number of rotatable bonds is 1. The van der Waals surface area contributed by atoms with Crippen LogP contribution in [0.25, 0.3) is 0 Å². The molecule has 3 aliphatic carbocycles. The van der Waals surface area contributed by atoms with Crippen molar-refractivity contribution in [3.8, 4) is 12.1 Å². The van der Waals surface area contributed by atoms with Crippen LogP contribution in [0.5, 0.6) is 0 Å². The number of methoxy groups -OCH3 is 1. The average Bonchev–Trinajstić information content (AvgIpc) is 2.58. The van der Waals surface area contributed by atoms with Crippen LogP contribution in [0.15, 0.2) is 24.3 Å². The van der Waals surface area contributed by atoms with E-state index in [0.717, 1.165) is 17.5 Å². The topological polar surface area (TPSA) is 56.8 Å². The van der Waals surface area contributed by atoms with Gasteiger partial charge in [0.1, 0.15) is 0 Å². The average molecular weight is 278 g/mol. The van der Waals surface area contributed by atoms with Gasteiger partial charge in [-0.3, -0.25) is 0 Å². The van der Waals surface area contributed by atoms with Gasteiger partial charge >= 0.3 is 0 Å². The first-order chi connectivity index (χ1) is 9.96. The Morgan fingerprint density at radius 2 is 1.81 bits per heavy atom. The summed E-state index contributed by atoms with van der Waals surface area (Å²) in [7, 11) is 1.74. The molecule has 0 heterocycles. The Bertz CT molecular complexity index is 740. The molecule has 2 saturated carbocycles. The van der Waals surface area contributed by atoms with Gasteiger partial charge in [0.25, 0.3) is 0 Å². The van der Waals surface area contributed by atoms with Crippen LogP contribution in [-0.2, 0) is 15.6 Å². The van der Waals surface area contributed by atoms with E-state index in [1.807, 2.05) is 24.3 Å². The summed E-state index contributed by atoms with van der Waals surface area (Å²) in [5, 5.41) is 20.0. The molecule has 0 unspecified atom stereocenters. The van der Waals surface area contributed by atoms with E-state index in [1.54, 1.807) is 7.11 Å². The van der Waals surface area contributed by atoms with Gasteiger partial charge in [0.15, 0.2) is 0 Å². The number of nitriles is 2. The quantitative estimate of drug-likeness (QED) is 0.793. The van der Waals surface area contributed by atoms with E-state index in [9.17, 15) is 10.5 Å². The number of benzene rings is 1. The minimum absolute atomic E-state index is 0.115. The number of fused-ring (bicyclic) bond motifs is 4. The molecule has 3 aliphatic rings. The highest BCUT2D eigenvalue weighted by molar-refractivity contribution is 5.61. The van der Waals surface area contributed by atoms with Gasteiger partial charge in [-0.2, -0.15) is 10.5 Å². The van der Waals surface area contributed by atoms with Crippen LogP contribution in [0.1, 0.15) is 37.8 Å². The first-order valence-corrected chi connectivity index (χ1v) is 7.43. The molecule has 3 heteroatoms. The highest BCUT2D eigenvalue weighted by Crippen LogP contribution is 2.79. The van der Waals surface area contributed by atoms with Gasteiger partial charge in [-0.05, 0) is 17.5 Å². The van der Waals surface area contributed by atoms with Gasteiger partial charge in [0, 0.05) is 24.9 Å². The Hall–Kier alpha value is -1.84.